The van der Waals surface area contributed by atoms with Crippen LogP contribution in [0.25, 0.3) is 0 Å². The van der Waals surface area contributed by atoms with Gasteiger partial charge in [0.1, 0.15) is 0 Å². The van der Waals surface area contributed by atoms with Gasteiger partial charge in [0, 0.05) is 29.6 Å². The van der Waals surface area contributed by atoms with Crippen molar-refractivity contribution in [2.75, 3.05) is 13.2 Å². The molecule has 0 spiro atoms. The molecule has 0 aromatic carbocycles. The van der Waals surface area contributed by atoms with Crippen molar-refractivity contribution in [3.63, 3.8) is 0 Å². The fourth-order valence-corrected chi connectivity index (χ4v) is 6.33. The molecule has 0 fully saturated rings. The second-order valence-electron chi connectivity index (χ2n) is 13.5. The molecule has 0 aromatic heterocycles. The van der Waals surface area contributed by atoms with Crippen molar-refractivity contribution < 1.29 is 32.0 Å². The molecule has 0 aliphatic heterocycles. The van der Waals surface area contributed by atoms with E-state index in [0.717, 1.165) is 57.8 Å². The van der Waals surface area contributed by atoms with Crippen LogP contribution in [0.4, 0.5) is 0 Å². The smallest absolute Gasteiger partial charge is 0.327 e. The first kappa shape index (κ1) is 50.4. The van der Waals surface area contributed by atoms with Crippen molar-refractivity contribution in [2.24, 2.45) is 0 Å². The van der Waals surface area contributed by atoms with E-state index in [-0.39, 0.29) is 42.8 Å². The Kier molecular flexibility index (Phi) is 39.7. The van der Waals surface area contributed by atoms with Crippen LogP contribution in [0, 0.1) is 0 Å². The summed E-state index contributed by atoms with van der Waals surface area (Å²) in [5, 5.41) is -1.95. The van der Waals surface area contributed by atoms with Crippen molar-refractivity contribution in [1.29, 1.82) is 0 Å². The Morgan fingerprint density at radius 2 is 0.816 bits per heavy atom. The van der Waals surface area contributed by atoms with Gasteiger partial charge in [-0.3, -0.25) is 14.1 Å². The molecule has 0 saturated carbocycles. The molecule has 1 radical (unpaired) electrons. The molecule has 283 valence electrons. The van der Waals surface area contributed by atoms with Gasteiger partial charge in [-0.15, -0.1) is 0 Å². The van der Waals surface area contributed by atoms with Crippen LogP contribution in [0.15, 0.2) is 24.3 Å². The number of esters is 2. The van der Waals surface area contributed by atoms with E-state index in [1.54, 1.807) is 0 Å². The molecule has 0 aliphatic carbocycles. The molecule has 1 atom stereocenters. The largest absolute Gasteiger partial charge is 0.466 e. The average Bonchev–Trinajstić information content (AvgIpc) is 3.05. The number of carbonyl (C=O) groups is 2. The first-order valence-corrected chi connectivity index (χ1v) is 21.4. The minimum Gasteiger partial charge on any atom is -0.466 e. The van der Waals surface area contributed by atoms with E-state index in [1.165, 1.54) is 109 Å². The molecular formula is C40H74NaO7S. The second kappa shape index (κ2) is 38.6. The van der Waals surface area contributed by atoms with Crippen molar-refractivity contribution in [3.8, 4) is 0 Å². The van der Waals surface area contributed by atoms with Crippen molar-refractivity contribution >= 4 is 51.6 Å². The van der Waals surface area contributed by atoms with Gasteiger partial charge in [-0.05, 0) is 64.2 Å². The van der Waals surface area contributed by atoms with Gasteiger partial charge in [-0.2, -0.15) is 8.42 Å². The normalized spacial score (nSPS) is 12.4. The van der Waals surface area contributed by atoms with Crippen LogP contribution in [-0.4, -0.2) is 72.9 Å². The van der Waals surface area contributed by atoms with Crippen LogP contribution in [-0.2, 0) is 29.2 Å². The average molecular weight is 722 g/mol. The minimum atomic E-state index is -4.78. The van der Waals surface area contributed by atoms with E-state index < -0.39 is 33.7 Å². The van der Waals surface area contributed by atoms with Crippen LogP contribution in [0.1, 0.15) is 200 Å². The van der Waals surface area contributed by atoms with E-state index in [0.29, 0.717) is 12.8 Å². The fraction of sp³-hybridized carbons (Fsp3) is 0.850. The van der Waals surface area contributed by atoms with E-state index in [4.69, 9.17) is 9.47 Å². The van der Waals surface area contributed by atoms with E-state index in [2.05, 4.69) is 38.2 Å². The van der Waals surface area contributed by atoms with E-state index in [9.17, 15) is 22.6 Å². The third kappa shape index (κ3) is 36.9. The zero-order chi connectivity index (χ0) is 35.4. The van der Waals surface area contributed by atoms with Gasteiger partial charge in [0.05, 0.1) is 19.6 Å². The molecule has 9 heteroatoms. The Morgan fingerprint density at radius 1 is 0.510 bits per heavy atom. The summed E-state index contributed by atoms with van der Waals surface area (Å²) in [6.07, 6.45) is 41.2. The predicted octanol–water partition coefficient (Wildman–Crippen LogP) is 11.4. The van der Waals surface area contributed by atoms with Crippen LogP contribution in [0.3, 0.4) is 0 Å². The maximum absolute atomic E-state index is 12.3. The number of carbonyl (C=O) groups excluding carboxylic acids is 2. The monoisotopic (exact) mass is 722 g/mol. The Bertz CT molecular complexity index is 904. The number of ether oxygens (including phenoxy) is 2. The Balaban J connectivity index is 0. The quantitative estimate of drug-likeness (QED) is 0.0226. The molecule has 0 heterocycles. The second-order valence-corrected chi connectivity index (χ2v) is 15.1. The molecule has 1 unspecified atom stereocenters. The van der Waals surface area contributed by atoms with Crippen LogP contribution in [0.2, 0.25) is 0 Å². The summed E-state index contributed by atoms with van der Waals surface area (Å²) in [5.74, 6) is -1.92. The molecule has 0 amide bonds. The standard InChI is InChI=1S/C40H74O7S.Na/c1-3-5-7-9-11-13-15-17-19-21-23-25-27-29-31-33-35-46-39(41)37-38(48(43,44)45)40(42)47-36-34-32-30-28-26-24-22-20-18-16-14-12-10-8-6-4-2;/h17-20,38H,3-16,21-37H2,1-2H3,(H,43,44,45);/b19-17-,20-18-;. The van der Waals surface area contributed by atoms with Crippen molar-refractivity contribution in [1.82, 2.24) is 0 Å². The van der Waals surface area contributed by atoms with Gasteiger partial charge < -0.3 is 9.47 Å². The molecule has 49 heavy (non-hydrogen) atoms. The Labute approximate surface area is 324 Å². The molecule has 0 rings (SSSR count). The number of hydrogen-bond acceptors (Lipinski definition) is 6. The number of hydrogen-bond donors (Lipinski definition) is 1. The maximum atomic E-state index is 12.3. The first-order chi connectivity index (χ1) is 23.3. The zero-order valence-electron chi connectivity index (χ0n) is 32.1. The molecule has 7 nitrogen and oxygen atoms in total. The third-order valence-corrected chi connectivity index (χ3v) is 9.87. The molecule has 1 N–H and O–H groups in total. The van der Waals surface area contributed by atoms with E-state index in [1.807, 2.05) is 0 Å². The van der Waals surface area contributed by atoms with Crippen LogP contribution >= 0.6 is 0 Å². The van der Waals surface area contributed by atoms with Gasteiger partial charge >= 0.3 is 11.9 Å². The Hall–Kier alpha value is -0.670. The zero-order valence-corrected chi connectivity index (χ0v) is 34.9. The van der Waals surface area contributed by atoms with E-state index >= 15 is 0 Å². The fourth-order valence-electron chi connectivity index (χ4n) is 5.67. The molecule has 0 bridgehead atoms. The van der Waals surface area contributed by atoms with Crippen LogP contribution in [0.5, 0.6) is 0 Å². The van der Waals surface area contributed by atoms with Gasteiger partial charge in [-0.1, -0.05) is 154 Å². The number of rotatable bonds is 36. The predicted molar refractivity (Wildman–Crippen MR) is 207 cm³/mol. The summed E-state index contributed by atoms with van der Waals surface area (Å²) in [7, 11) is -4.78. The number of allylic oxidation sites excluding steroid dienone is 4. The summed E-state index contributed by atoms with van der Waals surface area (Å²) in [6, 6.07) is 0. The van der Waals surface area contributed by atoms with Gasteiger partial charge in [-0.25, -0.2) is 0 Å². The Morgan fingerprint density at radius 3 is 1.16 bits per heavy atom. The summed E-state index contributed by atoms with van der Waals surface area (Å²) in [4.78, 5) is 24.5. The SMILES string of the molecule is CCCCCCCC/C=C\CCCCCCCCOC(=O)CC(C(=O)OCCCCCCCC/C=C\CCCCCCCC)S(=O)(=O)O.[Na]. The topological polar surface area (TPSA) is 107 Å². The van der Waals surface area contributed by atoms with Crippen molar-refractivity contribution in [2.45, 2.75) is 205 Å². The van der Waals surface area contributed by atoms with Gasteiger partial charge in [0.2, 0.25) is 0 Å². The first-order valence-electron chi connectivity index (χ1n) is 19.9. The summed E-state index contributed by atoms with van der Waals surface area (Å²) in [5.41, 5.74) is 0. The van der Waals surface area contributed by atoms with Gasteiger partial charge in [0.15, 0.2) is 5.25 Å². The number of unbranched alkanes of at least 4 members (excludes halogenated alkanes) is 24. The molecule has 0 saturated heterocycles. The summed E-state index contributed by atoms with van der Waals surface area (Å²) in [6.45, 7) is 4.73. The molecule has 0 aromatic rings. The summed E-state index contributed by atoms with van der Waals surface area (Å²) < 4.78 is 43.3. The maximum Gasteiger partial charge on any atom is 0.327 e. The third-order valence-electron chi connectivity index (χ3n) is 8.79. The summed E-state index contributed by atoms with van der Waals surface area (Å²) >= 11 is 0. The van der Waals surface area contributed by atoms with Crippen molar-refractivity contribution in [3.05, 3.63) is 24.3 Å². The van der Waals surface area contributed by atoms with Gasteiger partial charge in [0.25, 0.3) is 10.1 Å². The van der Waals surface area contributed by atoms with Crippen LogP contribution < -0.4 is 0 Å². The molecular weight excluding hydrogens is 647 g/mol. The minimum absolute atomic E-state index is 0. The molecule has 0 aliphatic rings.